The lowest BCUT2D eigenvalue weighted by Gasteiger charge is -2.09. The van der Waals surface area contributed by atoms with Gasteiger partial charge in [-0.1, -0.05) is 6.07 Å². The van der Waals surface area contributed by atoms with E-state index in [1.807, 2.05) is 18.2 Å². The minimum atomic E-state index is -0.0212. The molecule has 0 radical (unpaired) electrons. The van der Waals surface area contributed by atoms with Gasteiger partial charge in [0, 0.05) is 6.54 Å². The van der Waals surface area contributed by atoms with Crippen LogP contribution in [0.4, 0.5) is 0 Å². The number of ether oxygens (including phenoxy) is 2. The van der Waals surface area contributed by atoms with Gasteiger partial charge in [0.05, 0.1) is 26.6 Å². The predicted molar refractivity (Wildman–Crippen MR) is 67.0 cm³/mol. The number of methoxy groups -OCH3 is 2. The average Bonchev–Trinajstić information content (AvgIpc) is 2.38. The summed E-state index contributed by atoms with van der Waals surface area (Å²) < 4.78 is 10.3. The van der Waals surface area contributed by atoms with E-state index in [-0.39, 0.29) is 18.2 Å². The molecule has 1 N–H and O–H groups in total. The molecule has 0 fully saturated rings. The van der Waals surface area contributed by atoms with Crippen molar-refractivity contribution in [1.29, 1.82) is 0 Å². The summed E-state index contributed by atoms with van der Waals surface area (Å²) >= 11 is 5.39. The molecule has 1 aromatic carbocycles. The predicted octanol–water partition coefficient (Wildman–Crippen LogP) is 1.60. The summed E-state index contributed by atoms with van der Waals surface area (Å²) in [5, 5.41) is 3.01. The minimum absolute atomic E-state index is 0.0212. The van der Waals surface area contributed by atoms with Crippen molar-refractivity contribution in [3.05, 3.63) is 23.8 Å². The summed E-state index contributed by atoms with van der Waals surface area (Å²) in [6.45, 7) is 0.862. The first-order valence-corrected chi connectivity index (χ1v) is 5.74. The molecule has 4 nitrogen and oxygen atoms in total. The third-order valence-corrected chi connectivity index (χ3v) is 2.55. The molecule has 0 saturated carbocycles. The first-order chi connectivity index (χ1) is 8.21. The Labute approximate surface area is 106 Å². The summed E-state index contributed by atoms with van der Waals surface area (Å²) in [7, 11) is 3.18. The number of nitrogens with one attached hydrogen (secondary N) is 1. The van der Waals surface area contributed by atoms with Gasteiger partial charge in [-0.3, -0.25) is 4.79 Å². The highest BCUT2D eigenvalue weighted by Crippen LogP contribution is 2.27. The van der Waals surface area contributed by atoms with Crippen LogP contribution in [0.5, 0.6) is 11.5 Å². The molecule has 0 amide bonds. The van der Waals surface area contributed by atoms with Gasteiger partial charge < -0.3 is 14.8 Å². The highest BCUT2D eigenvalue weighted by atomic mass is 35.5. The number of carbonyl (C=O) groups is 1. The second kappa shape index (κ2) is 7.14. The molecule has 0 heterocycles. The van der Waals surface area contributed by atoms with E-state index >= 15 is 0 Å². The van der Waals surface area contributed by atoms with Crippen LogP contribution in [0, 0.1) is 0 Å². The van der Waals surface area contributed by atoms with Gasteiger partial charge in [0.2, 0.25) is 0 Å². The molecule has 0 aliphatic rings. The zero-order valence-electron chi connectivity index (χ0n) is 9.96. The van der Waals surface area contributed by atoms with Gasteiger partial charge in [-0.25, -0.2) is 0 Å². The van der Waals surface area contributed by atoms with E-state index in [0.717, 1.165) is 5.56 Å². The zero-order chi connectivity index (χ0) is 12.7. The van der Waals surface area contributed by atoms with Crippen LogP contribution < -0.4 is 14.8 Å². The first-order valence-electron chi connectivity index (χ1n) is 5.20. The summed E-state index contributed by atoms with van der Waals surface area (Å²) in [5.74, 6) is 1.38. The minimum Gasteiger partial charge on any atom is -0.493 e. The van der Waals surface area contributed by atoms with Crippen molar-refractivity contribution in [2.45, 2.75) is 6.54 Å². The van der Waals surface area contributed by atoms with Crippen LogP contribution in [-0.4, -0.2) is 32.4 Å². The summed E-state index contributed by atoms with van der Waals surface area (Å²) in [4.78, 5) is 11.0. The fraction of sp³-hybridized carbons (Fsp3) is 0.417. The normalized spacial score (nSPS) is 10.1. The van der Waals surface area contributed by atoms with Gasteiger partial charge in [-0.05, 0) is 17.7 Å². The molecule has 1 rings (SSSR count). The monoisotopic (exact) mass is 257 g/mol. The van der Waals surface area contributed by atoms with Crippen LogP contribution in [0.25, 0.3) is 0 Å². The van der Waals surface area contributed by atoms with Crippen molar-refractivity contribution in [2.75, 3.05) is 26.6 Å². The maximum absolute atomic E-state index is 11.0. The second-order valence-corrected chi connectivity index (χ2v) is 3.73. The third-order valence-electron chi connectivity index (χ3n) is 2.25. The van der Waals surface area contributed by atoms with Crippen LogP contribution in [0.2, 0.25) is 0 Å². The summed E-state index contributed by atoms with van der Waals surface area (Å²) in [6.07, 6.45) is 0. The number of benzene rings is 1. The highest BCUT2D eigenvalue weighted by molar-refractivity contribution is 6.27. The fourth-order valence-electron chi connectivity index (χ4n) is 1.38. The topological polar surface area (TPSA) is 47.6 Å². The molecule has 0 unspecified atom stereocenters. The molecule has 1 aromatic rings. The number of hydrogen-bond donors (Lipinski definition) is 1. The molecule has 0 bridgehead atoms. The van der Waals surface area contributed by atoms with Crippen LogP contribution in [0.3, 0.4) is 0 Å². The van der Waals surface area contributed by atoms with Crippen molar-refractivity contribution >= 4 is 17.4 Å². The average molecular weight is 258 g/mol. The van der Waals surface area contributed by atoms with Crippen LogP contribution in [-0.2, 0) is 11.3 Å². The fourth-order valence-corrected chi connectivity index (χ4v) is 1.48. The van der Waals surface area contributed by atoms with E-state index < -0.39 is 0 Å². The molecule has 5 heteroatoms. The lowest BCUT2D eigenvalue weighted by Crippen LogP contribution is -2.23. The number of alkyl halides is 1. The molecular formula is C12H16ClNO3. The van der Waals surface area contributed by atoms with Crippen LogP contribution >= 0.6 is 11.6 Å². The molecule has 0 aliphatic carbocycles. The van der Waals surface area contributed by atoms with Crippen LogP contribution in [0.15, 0.2) is 18.2 Å². The van der Waals surface area contributed by atoms with Gasteiger partial charge >= 0.3 is 0 Å². The van der Waals surface area contributed by atoms with E-state index in [1.165, 1.54) is 0 Å². The van der Waals surface area contributed by atoms with E-state index in [9.17, 15) is 4.79 Å². The van der Waals surface area contributed by atoms with Gasteiger partial charge in [-0.15, -0.1) is 11.6 Å². The highest BCUT2D eigenvalue weighted by Gasteiger charge is 2.04. The zero-order valence-corrected chi connectivity index (χ0v) is 10.7. The van der Waals surface area contributed by atoms with Gasteiger partial charge in [0.25, 0.3) is 0 Å². The quantitative estimate of drug-likeness (QED) is 0.754. The Morgan fingerprint density at radius 2 is 2.00 bits per heavy atom. The van der Waals surface area contributed by atoms with E-state index in [1.54, 1.807) is 14.2 Å². The number of hydrogen-bond acceptors (Lipinski definition) is 4. The molecule has 0 atom stereocenters. The number of ketones is 1. The first kappa shape index (κ1) is 13.8. The van der Waals surface area contributed by atoms with E-state index in [0.29, 0.717) is 18.0 Å². The molecule has 17 heavy (non-hydrogen) atoms. The van der Waals surface area contributed by atoms with Gasteiger partial charge in [0.1, 0.15) is 0 Å². The van der Waals surface area contributed by atoms with Crippen molar-refractivity contribution in [3.63, 3.8) is 0 Å². The standard InChI is InChI=1S/C12H16ClNO3/c1-16-11-4-3-9(5-12(11)17-2)7-14-8-10(15)6-13/h3-5,14H,6-8H2,1-2H3. The summed E-state index contributed by atoms with van der Waals surface area (Å²) in [6, 6.07) is 5.62. The van der Waals surface area contributed by atoms with Crippen molar-refractivity contribution in [2.24, 2.45) is 0 Å². The second-order valence-electron chi connectivity index (χ2n) is 3.47. The lowest BCUT2D eigenvalue weighted by molar-refractivity contribution is -0.115. The smallest absolute Gasteiger partial charge is 0.161 e. The number of carbonyl (C=O) groups excluding carboxylic acids is 1. The SMILES string of the molecule is COc1ccc(CNCC(=O)CCl)cc1OC. The Morgan fingerprint density at radius 1 is 1.29 bits per heavy atom. The van der Waals surface area contributed by atoms with E-state index in [2.05, 4.69) is 5.32 Å². The maximum Gasteiger partial charge on any atom is 0.161 e. The van der Waals surface area contributed by atoms with Gasteiger partial charge in [0.15, 0.2) is 17.3 Å². The molecular weight excluding hydrogens is 242 g/mol. The molecule has 0 aromatic heterocycles. The Balaban J connectivity index is 2.57. The molecule has 0 saturated heterocycles. The van der Waals surface area contributed by atoms with E-state index in [4.69, 9.17) is 21.1 Å². The molecule has 0 spiro atoms. The Hall–Kier alpha value is -1.26. The summed E-state index contributed by atoms with van der Waals surface area (Å²) in [5.41, 5.74) is 1.02. The third kappa shape index (κ3) is 4.24. The lowest BCUT2D eigenvalue weighted by atomic mass is 10.2. The molecule has 94 valence electrons. The maximum atomic E-state index is 11.0. The number of Topliss-reactive ketones (excluding diaryl/α,β-unsaturated/α-hetero) is 1. The number of rotatable bonds is 7. The molecule has 0 aliphatic heterocycles. The largest absolute Gasteiger partial charge is 0.493 e. The van der Waals surface area contributed by atoms with Crippen molar-refractivity contribution in [3.8, 4) is 11.5 Å². The Bertz CT molecular complexity index is 382. The van der Waals surface area contributed by atoms with Crippen molar-refractivity contribution < 1.29 is 14.3 Å². The Kier molecular flexibility index (Phi) is 5.80. The van der Waals surface area contributed by atoms with Crippen LogP contribution in [0.1, 0.15) is 5.56 Å². The number of halogens is 1. The Morgan fingerprint density at radius 3 is 2.59 bits per heavy atom. The van der Waals surface area contributed by atoms with Gasteiger partial charge in [-0.2, -0.15) is 0 Å². The van der Waals surface area contributed by atoms with Crippen molar-refractivity contribution in [1.82, 2.24) is 5.32 Å².